The van der Waals surface area contributed by atoms with E-state index in [1.54, 1.807) is 7.05 Å². The molecule has 2 rings (SSSR count). The lowest BCUT2D eigenvalue weighted by atomic mass is 10.1. The van der Waals surface area contributed by atoms with Crippen LogP contribution in [0.5, 0.6) is 0 Å². The summed E-state index contributed by atoms with van der Waals surface area (Å²) in [6, 6.07) is 2.96. The fourth-order valence-electron chi connectivity index (χ4n) is 1.56. The third-order valence-corrected chi connectivity index (χ3v) is 2.79. The molecule has 3 nitrogen and oxygen atoms in total. The van der Waals surface area contributed by atoms with Crippen LogP contribution < -0.4 is 5.32 Å². The van der Waals surface area contributed by atoms with Crippen LogP contribution in [0.15, 0.2) is 18.2 Å². The zero-order chi connectivity index (χ0) is 11.7. The van der Waals surface area contributed by atoms with Gasteiger partial charge in [-0.2, -0.15) is 0 Å². The summed E-state index contributed by atoms with van der Waals surface area (Å²) in [6.07, 6.45) is 0. The smallest absolute Gasteiger partial charge is 0.257 e. The van der Waals surface area contributed by atoms with Crippen LogP contribution in [-0.2, 0) is 0 Å². The van der Waals surface area contributed by atoms with Gasteiger partial charge in [-0.15, -0.1) is 0 Å². The Hall–Kier alpha value is -1.49. The number of nitrogens with zero attached hydrogens (tertiary/aromatic N) is 1. The lowest BCUT2D eigenvalue weighted by Crippen LogP contribution is -2.57. The van der Waals surface area contributed by atoms with E-state index in [2.05, 4.69) is 5.32 Å². The highest BCUT2D eigenvalue weighted by Crippen LogP contribution is 2.14. The second kappa shape index (κ2) is 4.17. The number of carbonyl (C=O) groups is 1. The van der Waals surface area contributed by atoms with Gasteiger partial charge in [-0.05, 0) is 18.2 Å². The zero-order valence-electron chi connectivity index (χ0n) is 8.84. The Morgan fingerprint density at radius 1 is 1.44 bits per heavy atom. The SMILES string of the molecule is CN(C(=O)c1cc(F)ccc1F)C1CNC1. The summed E-state index contributed by atoms with van der Waals surface area (Å²) in [4.78, 5) is 13.3. The van der Waals surface area contributed by atoms with Gasteiger partial charge in [0.1, 0.15) is 11.6 Å². The number of rotatable bonds is 2. The molecule has 1 fully saturated rings. The van der Waals surface area contributed by atoms with Crippen molar-refractivity contribution in [2.45, 2.75) is 6.04 Å². The molecule has 86 valence electrons. The number of carbonyl (C=O) groups excluding carboxylic acids is 1. The Balaban J connectivity index is 2.22. The number of nitrogens with one attached hydrogen (secondary N) is 1. The molecule has 1 N–H and O–H groups in total. The van der Waals surface area contributed by atoms with E-state index < -0.39 is 17.5 Å². The minimum absolute atomic E-state index is 0.0650. The highest BCUT2D eigenvalue weighted by atomic mass is 19.1. The summed E-state index contributed by atoms with van der Waals surface area (Å²) in [5, 5.41) is 3.01. The summed E-state index contributed by atoms with van der Waals surface area (Å²) in [6.45, 7) is 1.39. The normalized spacial score (nSPS) is 15.7. The molecule has 0 spiro atoms. The molecule has 16 heavy (non-hydrogen) atoms. The largest absolute Gasteiger partial charge is 0.336 e. The molecule has 0 aliphatic carbocycles. The first-order valence-corrected chi connectivity index (χ1v) is 5.02. The molecular weight excluding hydrogens is 214 g/mol. The van der Waals surface area contributed by atoms with Crippen LogP contribution in [0.3, 0.4) is 0 Å². The number of benzene rings is 1. The second-order valence-electron chi connectivity index (χ2n) is 3.85. The summed E-state index contributed by atoms with van der Waals surface area (Å²) in [5.74, 6) is -1.78. The van der Waals surface area contributed by atoms with E-state index in [1.807, 2.05) is 0 Å². The predicted molar refractivity (Wildman–Crippen MR) is 55.1 cm³/mol. The molecule has 1 amide bonds. The quantitative estimate of drug-likeness (QED) is 0.816. The van der Waals surface area contributed by atoms with Crippen LogP contribution in [0, 0.1) is 11.6 Å². The van der Waals surface area contributed by atoms with Gasteiger partial charge in [0.25, 0.3) is 5.91 Å². The molecule has 1 aromatic rings. The van der Waals surface area contributed by atoms with E-state index in [9.17, 15) is 13.6 Å². The van der Waals surface area contributed by atoms with Gasteiger partial charge in [0, 0.05) is 20.1 Å². The van der Waals surface area contributed by atoms with Crippen molar-refractivity contribution in [2.75, 3.05) is 20.1 Å². The van der Waals surface area contributed by atoms with Gasteiger partial charge >= 0.3 is 0 Å². The summed E-state index contributed by atoms with van der Waals surface area (Å²) in [5.41, 5.74) is -0.214. The molecule has 5 heteroatoms. The number of hydrogen-bond acceptors (Lipinski definition) is 2. The van der Waals surface area contributed by atoms with Crippen LogP contribution in [0.2, 0.25) is 0 Å². The fraction of sp³-hybridized carbons (Fsp3) is 0.364. The van der Waals surface area contributed by atoms with Gasteiger partial charge in [-0.1, -0.05) is 0 Å². The zero-order valence-corrected chi connectivity index (χ0v) is 8.84. The van der Waals surface area contributed by atoms with E-state index in [-0.39, 0.29) is 11.6 Å². The minimum atomic E-state index is -0.689. The van der Waals surface area contributed by atoms with Crippen molar-refractivity contribution < 1.29 is 13.6 Å². The first-order chi connectivity index (χ1) is 7.59. The van der Waals surface area contributed by atoms with Gasteiger partial charge in [0.2, 0.25) is 0 Å². The molecule has 0 unspecified atom stereocenters. The first kappa shape index (κ1) is 11.0. The molecule has 0 saturated carbocycles. The molecule has 0 bridgehead atoms. The van der Waals surface area contributed by atoms with Gasteiger partial charge in [-0.25, -0.2) is 8.78 Å². The summed E-state index contributed by atoms with van der Waals surface area (Å²) in [7, 11) is 1.60. The molecule has 1 heterocycles. The maximum absolute atomic E-state index is 13.3. The topological polar surface area (TPSA) is 32.3 Å². The molecule has 1 aliphatic heterocycles. The Labute approximate surface area is 92.1 Å². The third-order valence-electron chi connectivity index (χ3n) is 2.79. The lowest BCUT2D eigenvalue weighted by Gasteiger charge is -2.35. The van der Waals surface area contributed by atoms with Crippen molar-refractivity contribution in [1.29, 1.82) is 0 Å². The summed E-state index contributed by atoms with van der Waals surface area (Å²) < 4.78 is 26.3. The van der Waals surface area contributed by atoms with Crippen LogP contribution >= 0.6 is 0 Å². The average molecular weight is 226 g/mol. The minimum Gasteiger partial charge on any atom is -0.336 e. The standard InChI is InChI=1S/C11H12F2N2O/c1-15(8-5-14-6-8)11(16)9-4-7(12)2-3-10(9)13/h2-4,8,14H,5-6H2,1H3. The van der Waals surface area contributed by atoms with Crippen molar-refractivity contribution in [3.05, 3.63) is 35.4 Å². The van der Waals surface area contributed by atoms with Gasteiger partial charge in [0.15, 0.2) is 0 Å². The van der Waals surface area contributed by atoms with E-state index in [1.165, 1.54) is 4.90 Å². The third kappa shape index (κ3) is 1.90. The Bertz CT molecular complexity index is 418. The van der Waals surface area contributed by atoms with E-state index in [0.717, 1.165) is 18.2 Å². The lowest BCUT2D eigenvalue weighted by molar-refractivity contribution is 0.0676. The monoisotopic (exact) mass is 226 g/mol. The second-order valence-corrected chi connectivity index (χ2v) is 3.85. The van der Waals surface area contributed by atoms with Crippen LogP contribution in [-0.4, -0.2) is 37.0 Å². The van der Waals surface area contributed by atoms with Crippen LogP contribution in [0.25, 0.3) is 0 Å². The average Bonchev–Trinajstić information content (AvgIpc) is 2.18. The molecule has 0 atom stereocenters. The molecule has 1 aromatic carbocycles. The van der Waals surface area contributed by atoms with E-state index in [0.29, 0.717) is 13.1 Å². The van der Waals surface area contributed by atoms with Crippen LogP contribution in [0.4, 0.5) is 8.78 Å². The van der Waals surface area contributed by atoms with Crippen molar-refractivity contribution >= 4 is 5.91 Å². The molecular formula is C11H12F2N2O. The predicted octanol–water partition coefficient (Wildman–Crippen LogP) is 1.01. The highest BCUT2D eigenvalue weighted by molar-refractivity contribution is 5.94. The van der Waals surface area contributed by atoms with E-state index >= 15 is 0 Å². The van der Waals surface area contributed by atoms with Crippen molar-refractivity contribution in [2.24, 2.45) is 0 Å². The van der Waals surface area contributed by atoms with Crippen molar-refractivity contribution in [1.82, 2.24) is 10.2 Å². The van der Waals surface area contributed by atoms with Crippen LogP contribution in [0.1, 0.15) is 10.4 Å². The maximum Gasteiger partial charge on any atom is 0.257 e. The molecule has 1 saturated heterocycles. The Morgan fingerprint density at radius 3 is 2.69 bits per heavy atom. The molecule has 0 radical (unpaired) electrons. The van der Waals surface area contributed by atoms with Crippen molar-refractivity contribution in [3.8, 4) is 0 Å². The van der Waals surface area contributed by atoms with Crippen molar-refractivity contribution in [3.63, 3.8) is 0 Å². The van der Waals surface area contributed by atoms with E-state index in [4.69, 9.17) is 0 Å². The fourth-order valence-corrected chi connectivity index (χ4v) is 1.56. The van der Waals surface area contributed by atoms with Gasteiger partial charge < -0.3 is 10.2 Å². The number of halogens is 2. The van der Waals surface area contributed by atoms with Gasteiger partial charge in [0.05, 0.1) is 11.6 Å². The molecule has 0 aromatic heterocycles. The van der Waals surface area contributed by atoms with Gasteiger partial charge in [-0.3, -0.25) is 4.79 Å². The molecule has 1 aliphatic rings. The number of amides is 1. The highest BCUT2D eigenvalue weighted by Gasteiger charge is 2.27. The Kier molecular flexibility index (Phi) is 2.87. The first-order valence-electron chi connectivity index (χ1n) is 5.02. The Morgan fingerprint density at radius 2 is 2.12 bits per heavy atom. The maximum atomic E-state index is 13.3. The number of hydrogen-bond donors (Lipinski definition) is 1. The number of likely N-dealkylation sites (N-methyl/N-ethyl adjacent to an activating group) is 1. The summed E-state index contributed by atoms with van der Waals surface area (Å²) >= 11 is 0.